The Kier molecular flexibility index (Phi) is 2.96. The van der Waals surface area contributed by atoms with Crippen LogP contribution in [-0.4, -0.2) is 27.0 Å². The highest BCUT2D eigenvalue weighted by molar-refractivity contribution is 5.97. The molecule has 0 radical (unpaired) electrons. The van der Waals surface area contributed by atoms with E-state index in [1.54, 1.807) is 18.6 Å². The third kappa shape index (κ3) is 2.07. The van der Waals surface area contributed by atoms with Crippen LogP contribution in [0.5, 0.6) is 0 Å². The number of carbonyl (C=O) groups excluding carboxylic acids is 1. The van der Waals surface area contributed by atoms with E-state index in [0.29, 0.717) is 6.54 Å². The van der Waals surface area contributed by atoms with Gasteiger partial charge in [0.15, 0.2) is 0 Å². The molecule has 1 aliphatic rings. The minimum atomic E-state index is -0.00586. The lowest BCUT2D eigenvalue weighted by Gasteiger charge is -2.18. The number of imidazole rings is 1. The molecule has 1 N–H and O–H groups in total. The first-order valence-corrected chi connectivity index (χ1v) is 7.18. The Morgan fingerprint density at radius 2 is 1.95 bits per heavy atom. The van der Waals surface area contributed by atoms with Crippen molar-refractivity contribution in [3.63, 3.8) is 0 Å². The lowest BCUT2D eigenvalue weighted by atomic mass is 9.99. The van der Waals surface area contributed by atoms with Crippen molar-refractivity contribution in [2.45, 2.75) is 6.42 Å². The van der Waals surface area contributed by atoms with Gasteiger partial charge in [-0.3, -0.25) is 14.3 Å². The summed E-state index contributed by atoms with van der Waals surface area (Å²) in [6.07, 6.45) is 8.03. The quantitative estimate of drug-likeness (QED) is 0.787. The number of nitrogens with zero attached hydrogens (tertiary/aromatic N) is 3. The molecule has 0 atom stereocenters. The maximum absolute atomic E-state index is 12.0. The van der Waals surface area contributed by atoms with Crippen molar-refractivity contribution >= 4 is 5.91 Å². The molecule has 0 spiro atoms. The van der Waals surface area contributed by atoms with E-state index in [4.69, 9.17) is 0 Å². The third-order valence-electron chi connectivity index (χ3n) is 3.88. The van der Waals surface area contributed by atoms with E-state index in [2.05, 4.69) is 15.3 Å². The number of aromatic nitrogens is 3. The number of hydrogen-bond acceptors (Lipinski definition) is 3. The van der Waals surface area contributed by atoms with Gasteiger partial charge in [0.25, 0.3) is 5.91 Å². The van der Waals surface area contributed by atoms with Crippen molar-refractivity contribution < 1.29 is 4.79 Å². The van der Waals surface area contributed by atoms with E-state index in [1.165, 1.54) is 0 Å². The maximum Gasteiger partial charge on any atom is 0.251 e. The standard InChI is InChI=1S/C17H14N4O/c22-17-15-11-14(2-1-12(15)5-8-20-17)21-10-9-19-16(21)13-3-6-18-7-4-13/h1-4,6-7,9-11H,5,8H2,(H,20,22). The minimum absolute atomic E-state index is 0.00586. The summed E-state index contributed by atoms with van der Waals surface area (Å²) in [7, 11) is 0. The first kappa shape index (κ1) is 12.8. The summed E-state index contributed by atoms with van der Waals surface area (Å²) < 4.78 is 1.98. The topological polar surface area (TPSA) is 59.8 Å². The molecule has 1 amide bonds. The lowest BCUT2D eigenvalue weighted by molar-refractivity contribution is 0.0946. The molecule has 5 nitrogen and oxygen atoms in total. The Morgan fingerprint density at radius 1 is 1.09 bits per heavy atom. The van der Waals surface area contributed by atoms with Crippen LogP contribution in [0, 0.1) is 0 Å². The van der Waals surface area contributed by atoms with E-state index >= 15 is 0 Å². The Hall–Kier alpha value is -2.95. The molecule has 5 heteroatoms. The largest absolute Gasteiger partial charge is 0.352 e. The molecule has 1 aromatic carbocycles. The average Bonchev–Trinajstić information content (AvgIpc) is 3.05. The van der Waals surface area contributed by atoms with Crippen LogP contribution in [0.25, 0.3) is 17.1 Å². The van der Waals surface area contributed by atoms with E-state index in [1.807, 2.05) is 41.1 Å². The van der Waals surface area contributed by atoms with Crippen LogP contribution in [0.1, 0.15) is 15.9 Å². The molecular formula is C17H14N4O. The average molecular weight is 290 g/mol. The maximum atomic E-state index is 12.0. The summed E-state index contributed by atoms with van der Waals surface area (Å²) >= 11 is 0. The minimum Gasteiger partial charge on any atom is -0.352 e. The first-order valence-electron chi connectivity index (χ1n) is 7.18. The number of nitrogens with one attached hydrogen (secondary N) is 1. The summed E-state index contributed by atoms with van der Waals surface area (Å²) in [5.41, 5.74) is 3.76. The Labute approximate surface area is 127 Å². The van der Waals surface area contributed by atoms with Gasteiger partial charge in [0.2, 0.25) is 0 Å². The molecule has 1 aliphatic heterocycles. The molecule has 0 saturated heterocycles. The van der Waals surface area contributed by atoms with Crippen LogP contribution in [0.15, 0.2) is 55.1 Å². The number of fused-ring (bicyclic) bond motifs is 1. The summed E-state index contributed by atoms with van der Waals surface area (Å²) in [5, 5.41) is 2.88. The molecule has 0 unspecified atom stereocenters. The van der Waals surface area contributed by atoms with Crippen LogP contribution in [0.3, 0.4) is 0 Å². The molecule has 3 aromatic rings. The first-order chi connectivity index (χ1) is 10.8. The second-order valence-corrected chi connectivity index (χ2v) is 5.20. The highest BCUT2D eigenvalue weighted by Gasteiger charge is 2.18. The van der Waals surface area contributed by atoms with Gasteiger partial charge >= 0.3 is 0 Å². The summed E-state index contributed by atoms with van der Waals surface area (Å²) in [5.74, 6) is 0.826. The smallest absolute Gasteiger partial charge is 0.251 e. The van der Waals surface area contributed by atoms with Gasteiger partial charge in [-0.1, -0.05) is 6.07 Å². The van der Waals surface area contributed by atoms with Gasteiger partial charge in [0.1, 0.15) is 5.82 Å². The van der Waals surface area contributed by atoms with Gasteiger partial charge in [-0.15, -0.1) is 0 Å². The van der Waals surface area contributed by atoms with E-state index in [-0.39, 0.29) is 5.91 Å². The van der Waals surface area contributed by atoms with Crippen LogP contribution in [0.2, 0.25) is 0 Å². The van der Waals surface area contributed by atoms with Gasteiger partial charge in [-0.2, -0.15) is 0 Å². The fourth-order valence-electron chi connectivity index (χ4n) is 2.78. The van der Waals surface area contributed by atoms with E-state index < -0.39 is 0 Å². The number of amides is 1. The SMILES string of the molecule is O=C1NCCc2ccc(-n3ccnc3-c3ccncc3)cc21. The molecule has 108 valence electrons. The highest BCUT2D eigenvalue weighted by Crippen LogP contribution is 2.23. The molecule has 0 aliphatic carbocycles. The second-order valence-electron chi connectivity index (χ2n) is 5.20. The number of pyridine rings is 1. The highest BCUT2D eigenvalue weighted by atomic mass is 16.1. The Bertz CT molecular complexity index is 839. The third-order valence-corrected chi connectivity index (χ3v) is 3.88. The molecule has 0 saturated carbocycles. The molecule has 22 heavy (non-hydrogen) atoms. The number of hydrogen-bond donors (Lipinski definition) is 1. The zero-order valence-corrected chi connectivity index (χ0v) is 11.9. The van der Waals surface area contributed by atoms with Crippen LogP contribution < -0.4 is 5.32 Å². The van der Waals surface area contributed by atoms with Gasteiger partial charge in [-0.25, -0.2) is 4.98 Å². The zero-order valence-electron chi connectivity index (χ0n) is 11.9. The predicted molar refractivity (Wildman–Crippen MR) is 82.8 cm³/mol. The molecular weight excluding hydrogens is 276 g/mol. The van der Waals surface area contributed by atoms with Crippen LogP contribution >= 0.6 is 0 Å². The summed E-state index contributed by atoms with van der Waals surface area (Å²) in [6, 6.07) is 9.83. The summed E-state index contributed by atoms with van der Waals surface area (Å²) in [6.45, 7) is 0.707. The van der Waals surface area contributed by atoms with E-state index in [9.17, 15) is 4.79 Å². The van der Waals surface area contributed by atoms with E-state index in [0.717, 1.165) is 34.6 Å². The normalized spacial score (nSPS) is 13.5. The van der Waals surface area contributed by atoms with Crippen molar-refractivity contribution in [3.05, 3.63) is 66.2 Å². The molecule has 3 heterocycles. The van der Waals surface area contributed by atoms with Gasteiger partial charge in [-0.05, 0) is 36.2 Å². The fourth-order valence-corrected chi connectivity index (χ4v) is 2.78. The molecule has 2 aromatic heterocycles. The molecule has 0 fully saturated rings. The fraction of sp³-hybridized carbons (Fsp3) is 0.118. The Morgan fingerprint density at radius 3 is 2.82 bits per heavy atom. The van der Waals surface area contributed by atoms with Crippen molar-refractivity contribution in [1.82, 2.24) is 19.9 Å². The van der Waals surface area contributed by atoms with Gasteiger partial charge < -0.3 is 5.32 Å². The lowest BCUT2D eigenvalue weighted by Crippen LogP contribution is -2.31. The second kappa shape index (κ2) is 5.11. The summed E-state index contributed by atoms with van der Waals surface area (Å²) in [4.78, 5) is 20.5. The van der Waals surface area contributed by atoms with Crippen molar-refractivity contribution in [2.24, 2.45) is 0 Å². The Balaban J connectivity index is 1.83. The van der Waals surface area contributed by atoms with Gasteiger partial charge in [0.05, 0.1) is 0 Å². The van der Waals surface area contributed by atoms with Crippen LogP contribution in [0.4, 0.5) is 0 Å². The van der Waals surface area contributed by atoms with Gasteiger partial charge in [0, 0.05) is 48.1 Å². The molecule has 4 rings (SSSR count). The van der Waals surface area contributed by atoms with Crippen molar-refractivity contribution in [3.8, 4) is 17.1 Å². The van der Waals surface area contributed by atoms with Crippen LogP contribution in [-0.2, 0) is 6.42 Å². The zero-order chi connectivity index (χ0) is 14.9. The molecule has 0 bridgehead atoms. The number of benzene rings is 1. The monoisotopic (exact) mass is 290 g/mol. The number of carbonyl (C=O) groups is 1. The number of rotatable bonds is 2. The van der Waals surface area contributed by atoms with Crippen molar-refractivity contribution in [1.29, 1.82) is 0 Å². The predicted octanol–water partition coefficient (Wildman–Crippen LogP) is 2.22. The van der Waals surface area contributed by atoms with Crippen molar-refractivity contribution in [2.75, 3.05) is 6.54 Å².